The number of carbonyl (C=O) groups is 1. The topological polar surface area (TPSA) is 50.4 Å². The van der Waals surface area contributed by atoms with Gasteiger partial charge >= 0.3 is 0 Å². The minimum atomic E-state index is 0.236. The van der Waals surface area contributed by atoms with Gasteiger partial charge in [-0.15, -0.1) is 0 Å². The molecule has 0 radical (unpaired) electrons. The minimum absolute atomic E-state index is 0.236. The van der Waals surface area contributed by atoms with Gasteiger partial charge in [-0.2, -0.15) is 0 Å². The molecule has 2 aliphatic rings. The summed E-state index contributed by atoms with van der Waals surface area (Å²) in [5, 5.41) is 6.50. The van der Waals surface area contributed by atoms with Crippen LogP contribution in [-0.2, 0) is 11.3 Å². The lowest BCUT2D eigenvalue weighted by molar-refractivity contribution is -0.122. The number of carbonyl (C=O) groups excluding carboxylic acids is 1. The first-order chi connectivity index (χ1) is 9.78. The third-order valence-corrected chi connectivity index (χ3v) is 4.24. The molecule has 1 amide bonds. The van der Waals surface area contributed by atoms with Crippen molar-refractivity contribution in [1.82, 2.24) is 10.6 Å². The van der Waals surface area contributed by atoms with Crippen molar-refractivity contribution in [1.29, 1.82) is 0 Å². The van der Waals surface area contributed by atoms with Crippen molar-refractivity contribution in [3.8, 4) is 5.75 Å². The number of hydrogen-bond donors (Lipinski definition) is 2. The summed E-state index contributed by atoms with van der Waals surface area (Å²) in [6, 6.07) is 6.29. The summed E-state index contributed by atoms with van der Waals surface area (Å²) >= 11 is 0. The highest BCUT2D eigenvalue weighted by atomic mass is 16.5. The molecule has 1 atom stereocenters. The molecule has 4 heteroatoms. The van der Waals surface area contributed by atoms with Crippen LogP contribution in [0.25, 0.3) is 0 Å². The predicted molar refractivity (Wildman–Crippen MR) is 77.8 cm³/mol. The molecule has 0 bridgehead atoms. The molecular weight excluding hydrogens is 252 g/mol. The van der Waals surface area contributed by atoms with Gasteiger partial charge in [0.25, 0.3) is 0 Å². The summed E-state index contributed by atoms with van der Waals surface area (Å²) in [5.41, 5.74) is 2.71. The van der Waals surface area contributed by atoms with E-state index < -0.39 is 0 Å². The Morgan fingerprint density at radius 3 is 3.05 bits per heavy atom. The van der Waals surface area contributed by atoms with Crippen LogP contribution in [0.5, 0.6) is 5.75 Å². The molecule has 20 heavy (non-hydrogen) atoms. The van der Waals surface area contributed by atoms with Crippen molar-refractivity contribution >= 4 is 5.91 Å². The number of methoxy groups -OCH3 is 1. The number of benzene rings is 1. The number of amides is 1. The molecule has 0 aromatic heterocycles. The van der Waals surface area contributed by atoms with Crippen LogP contribution in [-0.4, -0.2) is 26.1 Å². The van der Waals surface area contributed by atoms with E-state index in [-0.39, 0.29) is 5.91 Å². The largest absolute Gasteiger partial charge is 0.497 e. The predicted octanol–water partition coefficient (Wildman–Crippen LogP) is 1.80. The summed E-state index contributed by atoms with van der Waals surface area (Å²) < 4.78 is 5.32. The molecule has 1 heterocycles. The molecule has 1 unspecified atom stereocenters. The smallest absolute Gasteiger partial charge is 0.223 e. The van der Waals surface area contributed by atoms with E-state index in [0.29, 0.717) is 11.8 Å². The van der Waals surface area contributed by atoms with Crippen LogP contribution in [0.2, 0.25) is 0 Å². The van der Waals surface area contributed by atoms with Gasteiger partial charge in [-0.3, -0.25) is 4.79 Å². The van der Waals surface area contributed by atoms with Crippen molar-refractivity contribution in [2.75, 3.05) is 20.2 Å². The Kier molecular flexibility index (Phi) is 3.92. The van der Waals surface area contributed by atoms with Crippen molar-refractivity contribution in [2.24, 2.45) is 5.92 Å². The number of rotatable bonds is 5. The van der Waals surface area contributed by atoms with Crippen molar-refractivity contribution < 1.29 is 9.53 Å². The molecule has 2 N–H and O–H groups in total. The van der Waals surface area contributed by atoms with Crippen LogP contribution >= 0.6 is 0 Å². The summed E-state index contributed by atoms with van der Waals surface area (Å²) in [5.74, 6) is 1.90. The molecule has 108 valence electrons. The van der Waals surface area contributed by atoms with E-state index in [1.165, 1.54) is 11.1 Å². The minimum Gasteiger partial charge on any atom is -0.497 e. The van der Waals surface area contributed by atoms with Crippen LogP contribution in [0.4, 0.5) is 0 Å². The fourth-order valence-corrected chi connectivity index (χ4v) is 2.85. The van der Waals surface area contributed by atoms with Crippen LogP contribution in [0.15, 0.2) is 18.2 Å². The maximum absolute atomic E-state index is 11.6. The Morgan fingerprint density at radius 1 is 1.45 bits per heavy atom. The fourth-order valence-electron chi connectivity index (χ4n) is 2.85. The van der Waals surface area contributed by atoms with E-state index in [1.54, 1.807) is 7.11 Å². The molecule has 1 aliphatic heterocycles. The first-order valence-corrected chi connectivity index (χ1v) is 7.43. The van der Waals surface area contributed by atoms with Gasteiger partial charge in [-0.25, -0.2) is 0 Å². The molecular formula is C16H22N2O2. The monoisotopic (exact) mass is 274 g/mol. The van der Waals surface area contributed by atoms with Gasteiger partial charge in [-0.05, 0) is 48.4 Å². The van der Waals surface area contributed by atoms with E-state index in [9.17, 15) is 4.79 Å². The average molecular weight is 274 g/mol. The number of nitrogens with one attached hydrogen (secondary N) is 2. The standard InChI is InChI=1S/C16H22N2O2/c1-20-14-5-4-12-9-17-10-13(15(12)8-14)6-7-18-16(19)11-2-3-11/h4-5,8,11,13,17H,2-3,6-7,9-10H2,1H3,(H,18,19). The SMILES string of the molecule is COc1ccc2c(c1)C(CCNC(=O)C1CC1)CNC2. The zero-order valence-corrected chi connectivity index (χ0v) is 11.9. The van der Waals surface area contributed by atoms with E-state index >= 15 is 0 Å². The number of fused-ring (bicyclic) bond motifs is 1. The van der Waals surface area contributed by atoms with Gasteiger partial charge in [-0.1, -0.05) is 6.07 Å². The van der Waals surface area contributed by atoms with Gasteiger partial charge < -0.3 is 15.4 Å². The Balaban J connectivity index is 1.61. The summed E-state index contributed by atoms with van der Waals surface area (Å²) in [4.78, 5) is 11.6. The molecule has 4 nitrogen and oxygen atoms in total. The molecule has 1 aliphatic carbocycles. The first kappa shape index (κ1) is 13.4. The highest BCUT2D eigenvalue weighted by Crippen LogP contribution is 2.31. The molecule has 1 saturated carbocycles. The van der Waals surface area contributed by atoms with Crippen LogP contribution in [0, 0.1) is 5.92 Å². The van der Waals surface area contributed by atoms with E-state index in [2.05, 4.69) is 22.8 Å². The number of ether oxygens (including phenoxy) is 1. The summed E-state index contributed by atoms with van der Waals surface area (Å²) in [6.45, 7) is 2.65. The number of hydrogen-bond acceptors (Lipinski definition) is 3. The second kappa shape index (κ2) is 5.83. The second-order valence-electron chi connectivity index (χ2n) is 5.75. The van der Waals surface area contributed by atoms with Gasteiger partial charge in [0, 0.05) is 25.6 Å². The molecule has 1 aromatic carbocycles. The van der Waals surface area contributed by atoms with Gasteiger partial charge in [0.15, 0.2) is 0 Å². The second-order valence-corrected chi connectivity index (χ2v) is 5.75. The Hall–Kier alpha value is -1.55. The van der Waals surface area contributed by atoms with Gasteiger partial charge in [0.2, 0.25) is 5.91 Å². The molecule has 3 rings (SSSR count). The van der Waals surface area contributed by atoms with Gasteiger partial charge in [0.05, 0.1) is 7.11 Å². The lowest BCUT2D eigenvalue weighted by atomic mass is 9.88. The fraction of sp³-hybridized carbons (Fsp3) is 0.562. The van der Waals surface area contributed by atoms with Gasteiger partial charge in [0.1, 0.15) is 5.75 Å². The van der Waals surface area contributed by atoms with E-state index in [4.69, 9.17) is 4.74 Å². The Morgan fingerprint density at radius 2 is 2.30 bits per heavy atom. The zero-order chi connectivity index (χ0) is 13.9. The quantitative estimate of drug-likeness (QED) is 0.861. The summed E-state index contributed by atoms with van der Waals surface area (Å²) in [7, 11) is 1.70. The van der Waals surface area contributed by atoms with Crippen molar-refractivity contribution in [3.05, 3.63) is 29.3 Å². The van der Waals surface area contributed by atoms with Crippen LogP contribution < -0.4 is 15.4 Å². The Labute approximate surface area is 119 Å². The van der Waals surface area contributed by atoms with Crippen molar-refractivity contribution in [2.45, 2.75) is 31.7 Å². The van der Waals surface area contributed by atoms with Crippen LogP contribution in [0.3, 0.4) is 0 Å². The van der Waals surface area contributed by atoms with Crippen LogP contribution in [0.1, 0.15) is 36.3 Å². The molecule has 0 saturated heterocycles. The van der Waals surface area contributed by atoms with E-state index in [1.807, 2.05) is 6.07 Å². The zero-order valence-electron chi connectivity index (χ0n) is 11.9. The summed E-state index contributed by atoms with van der Waals surface area (Å²) in [6.07, 6.45) is 3.11. The Bertz CT molecular complexity index is 497. The lowest BCUT2D eigenvalue weighted by Gasteiger charge is -2.27. The highest BCUT2D eigenvalue weighted by Gasteiger charge is 2.29. The first-order valence-electron chi connectivity index (χ1n) is 7.43. The lowest BCUT2D eigenvalue weighted by Crippen LogP contribution is -2.32. The molecule has 0 spiro atoms. The molecule has 1 aromatic rings. The highest BCUT2D eigenvalue weighted by molar-refractivity contribution is 5.80. The normalized spacial score (nSPS) is 21.1. The third kappa shape index (κ3) is 2.96. The van der Waals surface area contributed by atoms with E-state index in [0.717, 1.165) is 44.6 Å². The maximum atomic E-state index is 11.6. The van der Waals surface area contributed by atoms with Crippen molar-refractivity contribution in [3.63, 3.8) is 0 Å². The third-order valence-electron chi connectivity index (χ3n) is 4.24. The average Bonchev–Trinajstić information content (AvgIpc) is 3.31. The maximum Gasteiger partial charge on any atom is 0.223 e. The molecule has 1 fully saturated rings.